The van der Waals surface area contributed by atoms with E-state index in [2.05, 4.69) is 40.8 Å². The Morgan fingerprint density at radius 2 is 1.76 bits per heavy atom. The third-order valence-electron chi connectivity index (χ3n) is 9.10. The molecule has 33 heavy (non-hydrogen) atoms. The Kier molecular flexibility index (Phi) is 6.90. The molecule has 4 atom stereocenters. The number of rotatable bonds is 8. The van der Waals surface area contributed by atoms with Crippen LogP contribution in [0, 0.1) is 5.92 Å². The molecule has 0 bridgehead atoms. The second-order valence-electron chi connectivity index (χ2n) is 11.0. The Labute approximate surface area is 199 Å². The third kappa shape index (κ3) is 4.29. The minimum absolute atomic E-state index is 0.0714. The maximum Gasteiger partial charge on any atom is 0.165 e. The van der Waals surface area contributed by atoms with Crippen molar-refractivity contribution in [3.05, 3.63) is 23.3 Å². The van der Waals surface area contributed by atoms with Gasteiger partial charge in [0.1, 0.15) is 6.10 Å². The predicted molar refractivity (Wildman–Crippen MR) is 131 cm³/mol. The molecule has 2 fully saturated rings. The third-order valence-corrected chi connectivity index (χ3v) is 9.10. The molecule has 1 aromatic carbocycles. The quantitative estimate of drug-likeness (QED) is 0.606. The maximum atomic E-state index is 10.7. The lowest BCUT2D eigenvalue weighted by Gasteiger charge is -2.33. The van der Waals surface area contributed by atoms with Gasteiger partial charge in [-0.25, -0.2) is 0 Å². The van der Waals surface area contributed by atoms with Gasteiger partial charge in [-0.15, -0.1) is 0 Å². The Morgan fingerprint density at radius 1 is 1.03 bits per heavy atom. The molecule has 1 N–H and O–H groups in total. The Bertz CT molecular complexity index is 825. The number of nitrogens with zero attached hydrogens (tertiary/aromatic N) is 3. The monoisotopic (exact) mass is 457 g/mol. The van der Waals surface area contributed by atoms with Crippen LogP contribution in [0.25, 0.3) is 0 Å². The Balaban J connectivity index is 1.18. The molecule has 1 saturated heterocycles. The molecule has 0 aromatic heterocycles. The Morgan fingerprint density at radius 3 is 2.48 bits per heavy atom. The molecule has 184 valence electrons. The summed E-state index contributed by atoms with van der Waals surface area (Å²) >= 11 is 0. The fourth-order valence-corrected chi connectivity index (χ4v) is 6.94. The van der Waals surface area contributed by atoms with Crippen LogP contribution < -0.4 is 9.47 Å². The first-order valence-corrected chi connectivity index (χ1v) is 13.2. The lowest BCUT2D eigenvalue weighted by molar-refractivity contribution is 0.110. The molecular formula is C27H43N3O3. The summed E-state index contributed by atoms with van der Waals surface area (Å²) in [5, 5.41) is 10.7. The van der Waals surface area contributed by atoms with Gasteiger partial charge in [0, 0.05) is 50.1 Å². The van der Waals surface area contributed by atoms with Crippen LogP contribution in [0.1, 0.15) is 56.6 Å². The summed E-state index contributed by atoms with van der Waals surface area (Å²) in [7, 11) is 3.95. The van der Waals surface area contributed by atoms with Gasteiger partial charge in [0.15, 0.2) is 11.5 Å². The fraction of sp³-hybridized carbons (Fsp3) is 0.778. The van der Waals surface area contributed by atoms with Crippen LogP contribution in [0.4, 0.5) is 0 Å². The van der Waals surface area contributed by atoms with Gasteiger partial charge in [-0.1, -0.05) is 25.8 Å². The first kappa shape index (κ1) is 23.4. The lowest BCUT2D eigenvalue weighted by Crippen LogP contribution is -2.44. The van der Waals surface area contributed by atoms with E-state index >= 15 is 0 Å². The number of aliphatic hydroxyl groups is 1. The number of ether oxygens (including phenoxy) is 2. The van der Waals surface area contributed by atoms with Crippen LogP contribution in [-0.2, 0) is 12.0 Å². The summed E-state index contributed by atoms with van der Waals surface area (Å²) in [4.78, 5) is 7.70. The molecule has 1 aromatic rings. The SMILES string of the molecule is COc1ccc2c3c1O[C@H]1C[C@@H](O)C(C)[C@@]31CCN(CCCCCCN1CCN(C)CC1)C2. The largest absolute Gasteiger partial charge is 0.493 e. The topological polar surface area (TPSA) is 48.4 Å². The molecule has 3 heterocycles. The average Bonchev–Trinajstić information content (AvgIpc) is 3.18. The zero-order chi connectivity index (χ0) is 23.0. The number of hydrogen-bond acceptors (Lipinski definition) is 6. The van der Waals surface area contributed by atoms with Crippen molar-refractivity contribution in [1.82, 2.24) is 14.7 Å². The maximum absolute atomic E-state index is 10.7. The number of likely N-dealkylation sites (N-methyl/N-ethyl adjacent to an activating group) is 1. The zero-order valence-corrected chi connectivity index (χ0v) is 20.9. The van der Waals surface area contributed by atoms with Crippen LogP contribution in [0.2, 0.25) is 0 Å². The Hall–Kier alpha value is -1.34. The molecule has 3 aliphatic heterocycles. The molecule has 0 radical (unpaired) electrons. The number of hydrogen-bond donors (Lipinski definition) is 1. The van der Waals surface area contributed by atoms with E-state index in [1.807, 2.05) is 0 Å². The highest BCUT2D eigenvalue weighted by molar-refractivity contribution is 5.59. The van der Waals surface area contributed by atoms with Crippen molar-refractivity contribution in [2.75, 3.05) is 60.0 Å². The average molecular weight is 458 g/mol. The molecule has 1 saturated carbocycles. The number of benzene rings is 1. The lowest BCUT2D eigenvalue weighted by atomic mass is 9.69. The van der Waals surface area contributed by atoms with Gasteiger partial charge >= 0.3 is 0 Å². The van der Waals surface area contributed by atoms with Crippen molar-refractivity contribution in [2.24, 2.45) is 5.92 Å². The first-order chi connectivity index (χ1) is 16.0. The van der Waals surface area contributed by atoms with E-state index in [0.29, 0.717) is 0 Å². The van der Waals surface area contributed by atoms with E-state index in [4.69, 9.17) is 9.47 Å². The normalized spacial score (nSPS) is 32.3. The molecule has 1 unspecified atom stereocenters. The zero-order valence-electron chi connectivity index (χ0n) is 20.9. The summed E-state index contributed by atoms with van der Waals surface area (Å²) in [6.07, 6.45) is 6.83. The number of aliphatic hydroxyl groups excluding tert-OH is 1. The number of unbranched alkanes of at least 4 members (excludes halogenated alkanes) is 3. The fourth-order valence-electron chi connectivity index (χ4n) is 6.94. The van der Waals surface area contributed by atoms with Gasteiger partial charge in [0.25, 0.3) is 0 Å². The summed E-state index contributed by atoms with van der Waals surface area (Å²) in [5.41, 5.74) is 2.64. The summed E-state index contributed by atoms with van der Waals surface area (Å²) in [5.74, 6) is 2.01. The first-order valence-electron chi connectivity index (χ1n) is 13.2. The van der Waals surface area contributed by atoms with Crippen LogP contribution in [0.15, 0.2) is 12.1 Å². The van der Waals surface area contributed by atoms with E-state index in [1.165, 1.54) is 69.5 Å². The van der Waals surface area contributed by atoms with Gasteiger partial charge in [-0.2, -0.15) is 0 Å². The van der Waals surface area contributed by atoms with Gasteiger partial charge in [0.2, 0.25) is 0 Å². The van der Waals surface area contributed by atoms with Crippen molar-refractivity contribution in [3.8, 4) is 11.5 Å². The van der Waals surface area contributed by atoms with E-state index in [-0.39, 0.29) is 23.5 Å². The van der Waals surface area contributed by atoms with Crippen LogP contribution in [0.3, 0.4) is 0 Å². The highest BCUT2D eigenvalue weighted by Gasteiger charge is 2.61. The van der Waals surface area contributed by atoms with Crippen molar-refractivity contribution in [3.63, 3.8) is 0 Å². The highest BCUT2D eigenvalue weighted by Crippen LogP contribution is 2.60. The van der Waals surface area contributed by atoms with Gasteiger partial charge < -0.3 is 24.4 Å². The van der Waals surface area contributed by atoms with Crippen molar-refractivity contribution in [2.45, 2.75) is 69.6 Å². The molecule has 6 nitrogen and oxygen atoms in total. The van der Waals surface area contributed by atoms with E-state index in [1.54, 1.807) is 7.11 Å². The molecular weight excluding hydrogens is 414 g/mol. The number of methoxy groups -OCH3 is 1. The van der Waals surface area contributed by atoms with E-state index in [0.717, 1.165) is 44.0 Å². The highest BCUT2D eigenvalue weighted by atomic mass is 16.5. The standard InChI is InChI=1S/C27H43N3O3/c1-20-22(31)18-24-27(20)10-13-30(19-21-8-9-23(32-3)26(33-24)25(21)27)12-7-5-4-6-11-29-16-14-28(2)15-17-29/h8-9,20,22,24,31H,4-7,10-19H2,1-3H3/t20?,22-,24+,27-/m1/s1. The summed E-state index contributed by atoms with van der Waals surface area (Å²) in [6, 6.07) is 4.32. The molecule has 0 amide bonds. The molecule has 1 aliphatic carbocycles. The summed E-state index contributed by atoms with van der Waals surface area (Å²) in [6.45, 7) is 11.6. The van der Waals surface area contributed by atoms with E-state index < -0.39 is 0 Å². The van der Waals surface area contributed by atoms with Crippen LogP contribution in [0.5, 0.6) is 11.5 Å². The van der Waals surface area contributed by atoms with Crippen molar-refractivity contribution in [1.29, 1.82) is 0 Å². The van der Waals surface area contributed by atoms with Crippen molar-refractivity contribution >= 4 is 0 Å². The molecule has 4 aliphatic rings. The molecule has 5 rings (SSSR count). The summed E-state index contributed by atoms with van der Waals surface area (Å²) < 4.78 is 12.1. The molecule has 6 heteroatoms. The van der Waals surface area contributed by atoms with Crippen molar-refractivity contribution < 1.29 is 14.6 Å². The van der Waals surface area contributed by atoms with E-state index in [9.17, 15) is 5.11 Å². The number of piperazine rings is 1. The minimum atomic E-state index is -0.283. The van der Waals surface area contributed by atoms with Crippen LogP contribution >= 0.6 is 0 Å². The second-order valence-corrected chi connectivity index (χ2v) is 11.0. The van der Waals surface area contributed by atoms with Gasteiger partial charge in [-0.05, 0) is 63.5 Å². The van der Waals surface area contributed by atoms with Crippen LogP contribution in [-0.4, -0.2) is 92.0 Å². The predicted octanol–water partition coefficient (Wildman–Crippen LogP) is 3.11. The second kappa shape index (κ2) is 9.73. The van der Waals surface area contributed by atoms with Gasteiger partial charge in [0.05, 0.1) is 13.2 Å². The smallest absolute Gasteiger partial charge is 0.165 e. The molecule has 1 spiro atoms. The minimum Gasteiger partial charge on any atom is -0.493 e. The van der Waals surface area contributed by atoms with Gasteiger partial charge in [-0.3, -0.25) is 4.90 Å².